The molecule has 0 unspecified atom stereocenters. The Labute approximate surface area is 162 Å². The first-order valence-corrected chi connectivity index (χ1v) is 8.46. The summed E-state index contributed by atoms with van der Waals surface area (Å²) in [7, 11) is 0. The average molecular weight is 395 g/mol. The lowest BCUT2D eigenvalue weighted by molar-refractivity contribution is -0.384. The number of aromatic nitrogens is 2. The number of oxazole rings is 1. The first kappa shape index (κ1) is 17.6. The topological polar surface area (TPSA) is 111 Å². The van der Waals surface area contributed by atoms with Crippen LogP contribution in [-0.2, 0) is 0 Å². The van der Waals surface area contributed by atoms with E-state index >= 15 is 0 Å². The van der Waals surface area contributed by atoms with E-state index < -0.39 is 10.8 Å². The van der Waals surface area contributed by atoms with E-state index in [1.165, 1.54) is 12.1 Å². The van der Waals surface area contributed by atoms with Crippen LogP contribution in [0.1, 0.15) is 10.4 Å². The summed E-state index contributed by atoms with van der Waals surface area (Å²) in [6, 6.07) is 14.0. The van der Waals surface area contributed by atoms with Gasteiger partial charge in [-0.3, -0.25) is 14.9 Å². The van der Waals surface area contributed by atoms with Gasteiger partial charge in [-0.05, 0) is 42.5 Å². The molecule has 0 aliphatic rings. The number of fused-ring (bicyclic) bond motifs is 1. The molecule has 0 aliphatic carbocycles. The summed E-state index contributed by atoms with van der Waals surface area (Å²) < 4.78 is 5.65. The molecule has 0 aliphatic heterocycles. The average Bonchev–Trinajstić information content (AvgIpc) is 3.13. The highest BCUT2D eigenvalue weighted by Crippen LogP contribution is 2.26. The molecular weight excluding hydrogens is 384 g/mol. The van der Waals surface area contributed by atoms with Gasteiger partial charge >= 0.3 is 0 Å². The molecule has 28 heavy (non-hydrogen) atoms. The van der Waals surface area contributed by atoms with Crippen molar-refractivity contribution in [2.24, 2.45) is 0 Å². The number of amides is 1. The maximum Gasteiger partial charge on any atom is 0.270 e. The molecular formula is C19H11ClN4O4. The van der Waals surface area contributed by atoms with Crippen LogP contribution < -0.4 is 5.32 Å². The second-order valence-electron chi connectivity index (χ2n) is 5.80. The van der Waals surface area contributed by atoms with Gasteiger partial charge in [0.1, 0.15) is 0 Å². The Hall–Kier alpha value is -3.78. The molecule has 8 nitrogen and oxygen atoms in total. The zero-order chi connectivity index (χ0) is 19.7. The number of carbonyl (C=O) groups is 1. The van der Waals surface area contributed by atoms with E-state index in [0.29, 0.717) is 28.4 Å². The van der Waals surface area contributed by atoms with Crippen molar-refractivity contribution in [1.82, 2.24) is 9.97 Å². The molecule has 0 radical (unpaired) electrons. The predicted octanol–water partition coefficient (Wildman–Crippen LogP) is 4.70. The molecule has 0 saturated carbocycles. The van der Waals surface area contributed by atoms with E-state index in [-0.39, 0.29) is 16.3 Å². The third kappa shape index (κ3) is 3.40. The molecule has 2 aromatic carbocycles. The smallest absolute Gasteiger partial charge is 0.270 e. The quantitative estimate of drug-likeness (QED) is 0.396. The molecule has 1 N–H and O–H groups in total. The van der Waals surface area contributed by atoms with Crippen molar-refractivity contribution in [1.29, 1.82) is 0 Å². The summed E-state index contributed by atoms with van der Waals surface area (Å²) >= 11 is 6.00. The summed E-state index contributed by atoms with van der Waals surface area (Å²) in [6.45, 7) is 0. The molecule has 2 aromatic heterocycles. The summed E-state index contributed by atoms with van der Waals surface area (Å²) in [6.07, 6.45) is 1.63. The fraction of sp³-hybridized carbons (Fsp3) is 0. The number of nitrogens with one attached hydrogen (secondary N) is 1. The molecule has 0 saturated heterocycles. The van der Waals surface area contributed by atoms with Crippen LogP contribution in [0.15, 0.2) is 65.2 Å². The van der Waals surface area contributed by atoms with Gasteiger partial charge in [-0.2, -0.15) is 4.98 Å². The number of nitrogens with zero attached hydrogens (tertiary/aromatic N) is 3. The summed E-state index contributed by atoms with van der Waals surface area (Å²) in [5.74, 6) is -0.138. The van der Waals surface area contributed by atoms with Crippen LogP contribution in [0.4, 0.5) is 11.4 Å². The molecule has 4 rings (SSSR count). The lowest BCUT2D eigenvalue weighted by atomic mass is 10.1. The number of rotatable bonds is 4. The number of pyridine rings is 1. The number of nitro groups is 1. The van der Waals surface area contributed by atoms with E-state index in [1.807, 2.05) is 0 Å². The van der Waals surface area contributed by atoms with Crippen molar-refractivity contribution in [2.45, 2.75) is 0 Å². The highest BCUT2D eigenvalue weighted by atomic mass is 35.5. The number of benzene rings is 2. The number of hydrogen-bond donors (Lipinski definition) is 1. The fourth-order valence-corrected chi connectivity index (χ4v) is 2.79. The Morgan fingerprint density at radius 2 is 1.93 bits per heavy atom. The molecule has 0 bridgehead atoms. The van der Waals surface area contributed by atoms with Crippen molar-refractivity contribution in [3.8, 4) is 11.5 Å². The van der Waals surface area contributed by atoms with Gasteiger partial charge in [-0.1, -0.05) is 11.6 Å². The van der Waals surface area contributed by atoms with Crippen LogP contribution in [0, 0.1) is 10.1 Å². The molecule has 0 spiro atoms. The van der Waals surface area contributed by atoms with Crippen LogP contribution in [0.5, 0.6) is 0 Å². The first-order valence-electron chi connectivity index (χ1n) is 8.08. The van der Waals surface area contributed by atoms with Gasteiger partial charge in [0.25, 0.3) is 11.6 Å². The molecule has 1 amide bonds. The normalized spacial score (nSPS) is 10.8. The number of carbonyl (C=O) groups excluding carboxylic acids is 1. The van der Waals surface area contributed by atoms with E-state index in [0.717, 1.165) is 6.07 Å². The first-order chi connectivity index (χ1) is 13.5. The fourth-order valence-electron chi connectivity index (χ4n) is 2.59. The SMILES string of the molecule is O=C(Nc1ccc(-c2nc3ncccc3o2)cc1)c1cc([N+](=O)[O-])ccc1Cl. The van der Waals surface area contributed by atoms with Gasteiger partial charge in [-0.15, -0.1) is 0 Å². The summed E-state index contributed by atoms with van der Waals surface area (Å²) in [4.78, 5) is 31.2. The Morgan fingerprint density at radius 1 is 1.14 bits per heavy atom. The molecule has 9 heteroatoms. The Balaban J connectivity index is 1.55. The van der Waals surface area contributed by atoms with Crippen LogP contribution in [0.3, 0.4) is 0 Å². The maximum absolute atomic E-state index is 12.4. The van der Waals surface area contributed by atoms with Gasteiger partial charge in [0.15, 0.2) is 11.2 Å². The van der Waals surface area contributed by atoms with Gasteiger partial charge in [0, 0.05) is 29.6 Å². The van der Waals surface area contributed by atoms with Crippen LogP contribution in [0.2, 0.25) is 5.02 Å². The van der Waals surface area contributed by atoms with E-state index in [1.54, 1.807) is 42.6 Å². The van der Waals surface area contributed by atoms with Crippen molar-refractivity contribution >= 4 is 40.1 Å². The maximum atomic E-state index is 12.4. The molecule has 138 valence electrons. The highest BCUT2D eigenvalue weighted by molar-refractivity contribution is 6.34. The molecule has 4 aromatic rings. The third-order valence-electron chi connectivity index (χ3n) is 3.96. The number of hydrogen-bond acceptors (Lipinski definition) is 6. The van der Waals surface area contributed by atoms with Crippen molar-refractivity contribution in [2.75, 3.05) is 5.32 Å². The van der Waals surface area contributed by atoms with Gasteiger partial charge < -0.3 is 9.73 Å². The van der Waals surface area contributed by atoms with Crippen molar-refractivity contribution < 1.29 is 14.1 Å². The minimum absolute atomic E-state index is 0.0185. The summed E-state index contributed by atoms with van der Waals surface area (Å²) in [5, 5.41) is 13.7. The van der Waals surface area contributed by atoms with Crippen LogP contribution in [0.25, 0.3) is 22.7 Å². The minimum Gasteiger partial charge on any atom is -0.434 e. The van der Waals surface area contributed by atoms with Crippen molar-refractivity contribution in [3.05, 3.63) is 81.5 Å². The van der Waals surface area contributed by atoms with E-state index in [4.69, 9.17) is 16.0 Å². The van der Waals surface area contributed by atoms with Crippen molar-refractivity contribution in [3.63, 3.8) is 0 Å². The molecule has 2 heterocycles. The minimum atomic E-state index is -0.586. The van der Waals surface area contributed by atoms with Crippen LogP contribution in [-0.4, -0.2) is 20.8 Å². The zero-order valence-electron chi connectivity index (χ0n) is 14.1. The zero-order valence-corrected chi connectivity index (χ0v) is 14.9. The molecule has 0 atom stereocenters. The van der Waals surface area contributed by atoms with Gasteiger partial charge in [0.2, 0.25) is 5.89 Å². The number of non-ortho nitro benzene ring substituents is 1. The monoisotopic (exact) mass is 394 g/mol. The Morgan fingerprint density at radius 3 is 2.64 bits per heavy atom. The Bertz CT molecular complexity index is 1170. The van der Waals surface area contributed by atoms with E-state index in [9.17, 15) is 14.9 Å². The van der Waals surface area contributed by atoms with Gasteiger partial charge in [0.05, 0.1) is 15.5 Å². The number of halogens is 1. The predicted molar refractivity (Wildman–Crippen MR) is 103 cm³/mol. The lowest BCUT2D eigenvalue weighted by Gasteiger charge is -2.07. The largest absolute Gasteiger partial charge is 0.434 e. The highest BCUT2D eigenvalue weighted by Gasteiger charge is 2.16. The summed E-state index contributed by atoms with van der Waals surface area (Å²) in [5.41, 5.74) is 2.10. The van der Waals surface area contributed by atoms with E-state index in [2.05, 4.69) is 15.3 Å². The van der Waals surface area contributed by atoms with Gasteiger partial charge in [-0.25, -0.2) is 4.98 Å². The standard InChI is InChI=1S/C19H11ClN4O4/c20-15-8-7-13(24(26)27)10-14(15)18(25)22-12-5-3-11(4-6-12)19-23-17-16(28-19)2-1-9-21-17/h1-10H,(H,22,25). The number of anilines is 1. The number of nitro benzene ring substituents is 1. The Kier molecular flexibility index (Phi) is 4.46. The lowest BCUT2D eigenvalue weighted by Crippen LogP contribution is -2.12. The second kappa shape index (κ2) is 7.09. The van der Waals surface area contributed by atoms with Crippen LogP contribution >= 0.6 is 11.6 Å². The second-order valence-corrected chi connectivity index (χ2v) is 6.20. The third-order valence-corrected chi connectivity index (χ3v) is 4.29. The molecule has 0 fully saturated rings.